The van der Waals surface area contributed by atoms with Crippen LogP contribution >= 0.6 is 0 Å². The van der Waals surface area contributed by atoms with Crippen molar-refractivity contribution in [1.29, 1.82) is 0 Å². The number of allylic oxidation sites excluding steroid dienone is 2. The minimum Gasteiger partial charge on any atom is -0.463 e. The quantitative estimate of drug-likeness (QED) is 0.143. The maximum atomic E-state index is 13.5. The molecule has 0 spiro atoms. The van der Waals surface area contributed by atoms with Crippen LogP contribution in [0.4, 0.5) is 0 Å². The van der Waals surface area contributed by atoms with Gasteiger partial charge in [0.2, 0.25) is 11.8 Å². The molecule has 3 rings (SSSR count). The maximum Gasteiger partial charge on any atom is 0.309 e. The summed E-state index contributed by atoms with van der Waals surface area (Å²) in [4.78, 5) is 39.5. The van der Waals surface area contributed by atoms with Gasteiger partial charge in [0.1, 0.15) is 6.61 Å². The van der Waals surface area contributed by atoms with Crippen LogP contribution in [0.3, 0.4) is 0 Å². The molecule has 0 fully saturated rings. The number of benzene rings is 3. The monoisotopic (exact) mass is 582 g/mol. The van der Waals surface area contributed by atoms with Crippen LogP contribution in [0, 0.1) is 11.8 Å². The molecule has 0 aliphatic carbocycles. The second-order valence-corrected chi connectivity index (χ2v) is 10.6. The van der Waals surface area contributed by atoms with E-state index in [1.165, 1.54) is 0 Å². The fourth-order valence-electron chi connectivity index (χ4n) is 4.90. The van der Waals surface area contributed by atoms with Crippen LogP contribution < -0.4 is 10.6 Å². The molecule has 0 heterocycles. The van der Waals surface area contributed by atoms with Gasteiger partial charge in [-0.1, -0.05) is 103 Å². The number of aliphatic hydroxyl groups is 1. The van der Waals surface area contributed by atoms with E-state index >= 15 is 0 Å². The van der Waals surface area contributed by atoms with Crippen LogP contribution in [0.15, 0.2) is 116 Å². The molecule has 7 nitrogen and oxygen atoms in total. The van der Waals surface area contributed by atoms with E-state index in [-0.39, 0.29) is 43.8 Å². The third kappa shape index (κ3) is 11.4. The molecule has 7 heteroatoms. The molecule has 0 aliphatic heterocycles. The first-order valence-electron chi connectivity index (χ1n) is 14.6. The van der Waals surface area contributed by atoms with E-state index in [1.807, 2.05) is 91.0 Å². The summed E-state index contributed by atoms with van der Waals surface area (Å²) in [6.07, 6.45) is 4.96. The lowest BCUT2D eigenvalue weighted by Crippen LogP contribution is -2.42. The van der Waals surface area contributed by atoms with Gasteiger partial charge in [0.25, 0.3) is 0 Å². The van der Waals surface area contributed by atoms with Crippen molar-refractivity contribution in [1.82, 2.24) is 10.6 Å². The number of hydrogen-bond donors (Lipinski definition) is 3. The zero-order valence-corrected chi connectivity index (χ0v) is 24.6. The Kier molecular flexibility index (Phi) is 13.9. The Bertz CT molecular complexity index is 1300. The molecule has 3 N–H and O–H groups in total. The van der Waals surface area contributed by atoms with Crippen molar-refractivity contribution in [3.8, 4) is 0 Å². The van der Waals surface area contributed by atoms with Gasteiger partial charge in [-0.2, -0.15) is 0 Å². The molecule has 0 unspecified atom stereocenters. The topological polar surface area (TPSA) is 105 Å². The molecule has 226 valence electrons. The van der Waals surface area contributed by atoms with Crippen LogP contribution in [-0.2, 0) is 32.0 Å². The van der Waals surface area contributed by atoms with Crippen LogP contribution in [-0.4, -0.2) is 42.1 Å². The molecule has 0 bridgehead atoms. The molecular formula is C36H42N2O5. The van der Waals surface area contributed by atoms with Gasteiger partial charge < -0.3 is 20.5 Å². The van der Waals surface area contributed by atoms with Gasteiger partial charge in [0.15, 0.2) is 0 Å². The zero-order valence-electron chi connectivity index (χ0n) is 24.6. The highest BCUT2D eigenvalue weighted by Gasteiger charge is 2.27. The van der Waals surface area contributed by atoms with E-state index in [0.717, 1.165) is 16.7 Å². The van der Waals surface area contributed by atoms with Crippen LogP contribution in [0.1, 0.15) is 42.0 Å². The van der Waals surface area contributed by atoms with Crippen LogP contribution in [0.25, 0.3) is 0 Å². The highest BCUT2D eigenvalue weighted by atomic mass is 16.5. The predicted molar refractivity (Wildman–Crippen MR) is 169 cm³/mol. The number of rotatable bonds is 18. The number of nitrogens with one attached hydrogen (secondary N) is 2. The Morgan fingerprint density at radius 2 is 1.28 bits per heavy atom. The number of ether oxygens (including phenoxy) is 1. The number of carbonyl (C=O) groups is 3. The summed E-state index contributed by atoms with van der Waals surface area (Å²) < 4.78 is 5.76. The Balaban J connectivity index is 1.65. The van der Waals surface area contributed by atoms with E-state index in [1.54, 1.807) is 12.2 Å². The fourth-order valence-corrected chi connectivity index (χ4v) is 4.90. The van der Waals surface area contributed by atoms with Crippen molar-refractivity contribution in [2.24, 2.45) is 11.8 Å². The number of amides is 2. The Labute approximate surface area is 254 Å². The molecule has 0 saturated heterocycles. The summed E-state index contributed by atoms with van der Waals surface area (Å²) in [6.45, 7) is 7.27. The van der Waals surface area contributed by atoms with E-state index in [4.69, 9.17) is 4.74 Å². The summed E-state index contributed by atoms with van der Waals surface area (Å²) in [5.74, 6) is -2.15. The van der Waals surface area contributed by atoms with Crippen molar-refractivity contribution in [2.45, 2.75) is 44.2 Å². The number of esters is 1. The lowest BCUT2D eigenvalue weighted by Gasteiger charge is -2.24. The van der Waals surface area contributed by atoms with Gasteiger partial charge >= 0.3 is 5.97 Å². The van der Waals surface area contributed by atoms with Gasteiger partial charge in [-0.3, -0.25) is 14.4 Å². The first-order chi connectivity index (χ1) is 20.9. The molecule has 4 atom stereocenters. The lowest BCUT2D eigenvalue weighted by molar-refractivity contribution is -0.150. The van der Waals surface area contributed by atoms with Crippen molar-refractivity contribution in [3.63, 3.8) is 0 Å². The minimum atomic E-state index is -0.693. The number of carbonyl (C=O) groups excluding carboxylic acids is 3. The molecule has 0 saturated carbocycles. The molecule has 0 aromatic heterocycles. The summed E-state index contributed by atoms with van der Waals surface area (Å²) in [6, 6.07) is 27.5. The van der Waals surface area contributed by atoms with E-state index in [9.17, 15) is 19.5 Å². The fraction of sp³-hybridized carbons (Fsp3) is 0.306. The SMILES string of the molecule is C=CC[C@H](CC(=O)N[C@H](CO)Cc1ccccc1)C(=O)N[C@@H](COC(=O)[C@@H](CC=C)Cc1ccccc1)c1ccccc1. The largest absolute Gasteiger partial charge is 0.463 e. The Hall–Kier alpha value is -4.49. The second-order valence-electron chi connectivity index (χ2n) is 10.6. The highest BCUT2D eigenvalue weighted by Crippen LogP contribution is 2.20. The van der Waals surface area contributed by atoms with E-state index in [2.05, 4.69) is 23.8 Å². The lowest BCUT2D eigenvalue weighted by atomic mass is 9.96. The molecule has 3 aromatic carbocycles. The maximum absolute atomic E-state index is 13.5. The molecule has 3 aromatic rings. The van der Waals surface area contributed by atoms with E-state index in [0.29, 0.717) is 19.3 Å². The summed E-state index contributed by atoms with van der Waals surface area (Å²) in [7, 11) is 0. The predicted octanol–water partition coefficient (Wildman–Crippen LogP) is 5.12. The average Bonchev–Trinajstić information content (AvgIpc) is 3.03. The third-order valence-corrected chi connectivity index (χ3v) is 7.18. The van der Waals surface area contributed by atoms with Crippen LogP contribution in [0.2, 0.25) is 0 Å². The van der Waals surface area contributed by atoms with Gasteiger partial charge in [0, 0.05) is 6.42 Å². The standard InChI is InChI=1S/C36H42N2O5/c1-3-14-30(24-34(40)37-32(25-39)23-28-18-10-6-11-19-28)35(41)38-33(29-20-12-7-13-21-29)26-43-36(42)31(15-4-2)22-27-16-8-5-9-17-27/h3-13,16-21,30-33,39H,1-2,14-15,22-26H2,(H,37,40)(H,38,41)/t30-,31+,32+,33+/m1/s1. The van der Waals surface area contributed by atoms with Gasteiger partial charge in [0.05, 0.1) is 30.5 Å². The van der Waals surface area contributed by atoms with Gasteiger partial charge in [-0.25, -0.2) is 0 Å². The minimum absolute atomic E-state index is 0.0618. The molecule has 2 amide bonds. The average molecular weight is 583 g/mol. The zero-order chi connectivity index (χ0) is 30.9. The van der Waals surface area contributed by atoms with Crippen molar-refractivity contribution in [3.05, 3.63) is 133 Å². The van der Waals surface area contributed by atoms with Crippen molar-refractivity contribution >= 4 is 17.8 Å². The smallest absolute Gasteiger partial charge is 0.309 e. The molecule has 0 aliphatic rings. The summed E-state index contributed by atoms with van der Waals surface area (Å²) >= 11 is 0. The molecule has 43 heavy (non-hydrogen) atoms. The van der Waals surface area contributed by atoms with E-state index < -0.39 is 23.9 Å². The Morgan fingerprint density at radius 3 is 1.84 bits per heavy atom. The summed E-state index contributed by atoms with van der Waals surface area (Å²) in [5, 5.41) is 15.7. The molecular weight excluding hydrogens is 540 g/mol. The van der Waals surface area contributed by atoms with Crippen LogP contribution in [0.5, 0.6) is 0 Å². The highest BCUT2D eigenvalue weighted by molar-refractivity contribution is 5.86. The first-order valence-corrected chi connectivity index (χ1v) is 14.6. The van der Waals surface area contributed by atoms with Crippen molar-refractivity contribution < 1.29 is 24.2 Å². The Morgan fingerprint density at radius 1 is 0.744 bits per heavy atom. The third-order valence-electron chi connectivity index (χ3n) is 7.18. The van der Waals surface area contributed by atoms with Crippen molar-refractivity contribution in [2.75, 3.05) is 13.2 Å². The first kappa shape index (κ1) is 33.0. The number of hydrogen-bond acceptors (Lipinski definition) is 5. The van der Waals surface area contributed by atoms with Gasteiger partial charge in [-0.05, 0) is 42.4 Å². The number of aliphatic hydroxyl groups excluding tert-OH is 1. The second kappa shape index (κ2) is 18.1. The molecule has 0 radical (unpaired) electrons. The normalized spacial score (nSPS) is 13.5. The van der Waals surface area contributed by atoms with Gasteiger partial charge in [-0.15, -0.1) is 13.2 Å². The summed E-state index contributed by atoms with van der Waals surface area (Å²) in [5.41, 5.74) is 2.79.